The molecule has 1 aromatic carbocycles. The minimum atomic E-state index is 0.784. The van der Waals surface area contributed by atoms with Crippen LogP contribution in [0.3, 0.4) is 0 Å². The highest BCUT2D eigenvalue weighted by molar-refractivity contribution is 5.41. The van der Waals surface area contributed by atoms with E-state index in [-0.39, 0.29) is 0 Å². The molecule has 1 saturated carbocycles. The molecule has 20 heavy (non-hydrogen) atoms. The van der Waals surface area contributed by atoms with E-state index in [0.29, 0.717) is 0 Å². The van der Waals surface area contributed by atoms with Crippen molar-refractivity contribution >= 4 is 5.69 Å². The van der Waals surface area contributed by atoms with Crippen LogP contribution in [0.1, 0.15) is 45.4 Å². The summed E-state index contributed by atoms with van der Waals surface area (Å²) in [5.41, 5.74) is 6.44. The van der Waals surface area contributed by atoms with Crippen LogP contribution in [0.2, 0.25) is 0 Å². The molecule has 1 aliphatic rings. The predicted octanol–water partition coefficient (Wildman–Crippen LogP) is 3.69. The van der Waals surface area contributed by atoms with Crippen molar-refractivity contribution < 1.29 is 4.74 Å². The van der Waals surface area contributed by atoms with Crippen molar-refractivity contribution in [1.82, 2.24) is 4.90 Å². The molecule has 1 aromatic rings. The number of anilines is 1. The van der Waals surface area contributed by atoms with Gasteiger partial charge in [0, 0.05) is 18.3 Å². The highest BCUT2D eigenvalue weighted by Gasteiger charge is 2.19. The molecule has 0 spiro atoms. The molecule has 3 nitrogen and oxygen atoms in total. The summed E-state index contributed by atoms with van der Waals surface area (Å²) in [7, 11) is 0. The fraction of sp³-hybridized carbons (Fsp3) is 0.647. The molecule has 0 bridgehead atoms. The minimum absolute atomic E-state index is 0.784. The first-order valence-corrected chi connectivity index (χ1v) is 8.02. The quantitative estimate of drug-likeness (QED) is 0.609. The maximum atomic E-state index is 5.76. The molecule has 0 aromatic heterocycles. The summed E-state index contributed by atoms with van der Waals surface area (Å²) >= 11 is 0. The maximum Gasteiger partial charge on any atom is 0.119 e. The summed E-state index contributed by atoms with van der Waals surface area (Å²) in [6.45, 7) is 5.37. The van der Waals surface area contributed by atoms with Crippen LogP contribution in [0.15, 0.2) is 24.3 Å². The first kappa shape index (κ1) is 15.2. The third-order valence-electron chi connectivity index (χ3n) is 4.24. The van der Waals surface area contributed by atoms with Gasteiger partial charge in [0.2, 0.25) is 0 Å². The number of nitrogens with zero attached hydrogens (tertiary/aromatic N) is 1. The fourth-order valence-corrected chi connectivity index (χ4v) is 3.07. The SMILES string of the molecule is CCN(CCCOc1ccc(N)cc1)C1CCCCC1. The third-order valence-corrected chi connectivity index (χ3v) is 4.24. The van der Waals surface area contributed by atoms with Crippen LogP contribution >= 0.6 is 0 Å². The molecule has 0 radical (unpaired) electrons. The van der Waals surface area contributed by atoms with Gasteiger partial charge >= 0.3 is 0 Å². The normalized spacial score (nSPS) is 16.5. The van der Waals surface area contributed by atoms with Gasteiger partial charge in [0.1, 0.15) is 5.75 Å². The van der Waals surface area contributed by atoms with Crippen LogP contribution in [0.25, 0.3) is 0 Å². The molecule has 0 aliphatic heterocycles. The topological polar surface area (TPSA) is 38.5 Å². The van der Waals surface area contributed by atoms with Crippen LogP contribution in [0.4, 0.5) is 5.69 Å². The Hall–Kier alpha value is -1.22. The lowest BCUT2D eigenvalue weighted by Crippen LogP contribution is -2.37. The molecule has 0 saturated heterocycles. The molecule has 3 heteroatoms. The Morgan fingerprint density at radius 3 is 2.50 bits per heavy atom. The minimum Gasteiger partial charge on any atom is -0.494 e. The van der Waals surface area contributed by atoms with Crippen molar-refractivity contribution in [2.45, 2.75) is 51.5 Å². The van der Waals surface area contributed by atoms with Crippen molar-refractivity contribution in [3.05, 3.63) is 24.3 Å². The second-order valence-corrected chi connectivity index (χ2v) is 5.69. The van der Waals surface area contributed by atoms with Crippen molar-refractivity contribution in [3.63, 3.8) is 0 Å². The molecule has 112 valence electrons. The summed E-state index contributed by atoms with van der Waals surface area (Å²) in [5, 5.41) is 0. The summed E-state index contributed by atoms with van der Waals surface area (Å²) in [5.74, 6) is 0.917. The van der Waals surface area contributed by atoms with E-state index in [9.17, 15) is 0 Å². The average molecular weight is 276 g/mol. The first-order valence-electron chi connectivity index (χ1n) is 8.02. The van der Waals surface area contributed by atoms with Gasteiger partial charge in [0.05, 0.1) is 6.61 Å². The molecule has 1 fully saturated rings. The van der Waals surface area contributed by atoms with E-state index in [1.807, 2.05) is 24.3 Å². The lowest BCUT2D eigenvalue weighted by Gasteiger charge is -2.33. The van der Waals surface area contributed by atoms with Crippen LogP contribution in [0, 0.1) is 0 Å². The number of benzene rings is 1. The number of nitrogen functional groups attached to an aromatic ring is 1. The van der Waals surface area contributed by atoms with Crippen molar-refractivity contribution in [1.29, 1.82) is 0 Å². The Balaban J connectivity index is 1.67. The van der Waals surface area contributed by atoms with Gasteiger partial charge in [0.25, 0.3) is 0 Å². The van der Waals surface area contributed by atoms with Crippen LogP contribution < -0.4 is 10.5 Å². The first-order chi connectivity index (χ1) is 9.79. The Labute approximate surface area is 123 Å². The molecule has 1 aliphatic carbocycles. The van der Waals surface area contributed by atoms with E-state index in [1.54, 1.807) is 0 Å². The molecule has 2 rings (SSSR count). The number of nitrogens with two attached hydrogens (primary N) is 1. The van der Waals surface area contributed by atoms with E-state index in [4.69, 9.17) is 10.5 Å². The number of hydrogen-bond donors (Lipinski definition) is 1. The van der Waals surface area contributed by atoms with Crippen molar-refractivity contribution in [2.75, 3.05) is 25.4 Å². The Morgan fingerprint density at radius 1 is 1.15 bits per heavy atom. The van der Waals surface area contributed by atoms with E-state index in [1.165, 1.54) is 32.1 Å². The van der Waals surface area contributed by atoms with Gasteiger partial charge in [-0.1, -0.05) is 26.2 Å². The second-order valence-electron chi connectivity index (χ2n) is 5.69. The van der Waals surface area contributed by atoms with Gasteiger partial charge in [-0.3, -0.25) is 0 Å². The Morgan fingerprint density at radius 2 is 1.85 bits per heavy atom. The zero-order valence-corrected chi connectivity index (χ0v) is 12.7. The van der Waals surface area contributed by atoms with Crippen LogP contribution in [-0.4, -0.2) is 30.6 Å². The molecule has 0 heterocycles. The smallest absolute Gasteiger partial charge is 0.119 e. The molecule has 2 N–H and O–H groups in total. The lowest BCUT2D eigenvalue weighted by atomic mass is 9.94. The van der Waals surface area contributed by atoms with Gasteiger partial charge in [-0.25, -0.2) is 0 Å². The largest absolute Gasteiger partial charge is 0.494 e. The second kappa shape index (κ2) is 8.15. The molecule has 0 unspecified atom stereocenters. The standard InChI is InChI=1S/C17H28N2O/c1-2-19(16-7-4-3-5-8-16)13-6-14-20-17-11-9-15(18)10-12-17/h9-12,16H,2-8,13-14,18H2,1H3. The highest BCUT2D eigenvalue weighted by atomic mass is 16.5. The lowest BCUT2D eigenvalue weighted by molar-refractivity contribution is 0.152. The Bertz CT molecular complexity index is 371. The van der Waals surface area contributed by atoms with E-state index in [0.717, 1.165) is 43.6 Å². The monoisotopic (exact) mass is 276 g/mol. The van der Waals surface area contributed by atoms with Crippen LogP contribution in [-0.2, 0) is 0 Å². The fourth-order valence-electron chi connectivity index (χ4n) is 3.07. The Kier molecular flexibility index (Phi) is 6.19. The third kappa shape index (κ3) is 4.71. The van der Waals surface area contributed by atoms with Crippen LogP contribution in [0.5, 0.6) is 5.75 Å². The zero-order valence-electron chi connectivity index (χ0n) is 12.7. The van der Waals surface area contributed by atoms with E-state index < -0.39 is 0 Å². The number of ether oxygens (including phenoxy) is 1. The predicted molar refractivity (Wildman–Crippen MR) is 85.1 cm³/mol. The molecular weight excluding hydrogens is 248 g/mol. The van der Waals surface area contributed by atoms with Gasteiger partial charge in [-0.15, -0.1) is 0 Å². The van der Waals surface area contributed by atoms with Crippen molar-refractivity contribution in [3.8, 4) is 5.75 Å². The molecule has 0 amide bonds. The van der Waals surface area contributed by atoms with E-state index >= 15 is 0 Å². The van der Waals surface area contributed by atoms with Gasteiger partial charge in [-0.2, -0.15) is 0 Å². The number of rotatable bonds is 7. The molecular formula is C17H28N2O. The summed E-state index contributed by atoms with van der Waals surface area (Å²) in [6, 6.07) is 8.46. The summed E-state index contributed by atoms with van der Waals surface area (Å²) < 4.78 is 5.76. The summed E-state index contributed by atoms with van der Waals surface area (Å²) in [6.07, 6.45) is 8.09. The summed E-state index contributed by atoms with van der Waals surface area (Å²) in [4.78, 5) is 2.63. The molecule has 0 atom stereocenters. The van der Waals surface area contributed by atoms with Gasteiger partial charge < -0.3 is 15.4 Å². The van der Waals surface area contributed by atoms with Gasteiger partial charge in [0.15, 0.2) is 0 Å². The maximum absolute atomic E-state index is 5.76. The number of hydrogen-bond acceptors (Lipinski definition) is 3. The van der Waals surface area contributed by atoms with Crippen molar-refractivity contribution in [2.24, 2.45) is 0 Å². The zero-order chi connectivity index (χ0) is 14.2. The highest BCUT2D eigenvalue weighted by Crippen LogP contribution is 2.22. The van der Waals surface area contributed by atoms with Gasteiger partial charge in [-0.05, 0) is 50.1 Å². The average Bonchev–Trinajstić information content (AvgIpc) is 2.50. The van der Waals surface area contributed by atoms with E-state index in [2.05, 4.69) is 11.8 Å².